The van der Waals surface area contributed by atoms with E-state index >= 15 is 0 Å². The molecule has 4 rings (SSSR count). The molecule has 2 aromatic carbocycles. The second kappa shape index (κ2) is 6.25. The van der Waals surface area contributed by atoms with Gasteiger partial charge in [0.05, 0.1) is 0 Å². The van der Waals surface area contributed by atoms with Crippen LogP contribution in [0.2, 0.25) is 0 Å². The summed E-state index contributed by atoms with van der Waals surface area (Å²) in [4.78, 5) is 25.7. The van der Waals surface area contributed by atoms with Gasteiger partial charge in [0.15, 0.2) is 11.6 Å². The van der Waals surface area contributed by atoms with E-state index in [1.54, 1.807) is 0 Å². The Morgan fingerprint density at radius 1 is 0.880 bits per heavy atom. The largest absolute Gasteiger partial charge is 0.298 e. The number of rotatable bonds is 3. The van der Waals surface area contributed by atoms with Gasteiger partial charge < -0.3 is 0 Å². The van der Waals surface area contributed by atoms with Crippen LogP contribution in [0.3, 0.4) is 0 Å². The van der Waals surface area contributed by atoms with Crippen molar-refractivity contribution in [3.8, 4) is 11.1 Å². The van der Waals surface area contributed by atoms with Crippen LogP contribution in [-0.2, 0) is 16.0 Å². The van der Waals surface area contributed by atoms with E-state index in [0.717, 1.165) is 42.4 Å². The molecule has 0 aliphatic heterocycles. The fourth-order valence-corrected chi connectivity index (χ4v) is 4.54. The summed E-state index contributed by atoms with van der Waals surface area (Å²) < 4.78 is 0. The number of benzene rings is 2. The van der Waals surface area contributed by atoms with Gasteiger partial charge in [-0.05, 0) is 54.9 Å². The van der Waals surface area contributed by atoms with Crippen molar-refractivity contribution in [1.29, 1.82) is 0 Å². The van der Waals surface area contributed by atoms with Crippen molar-refractivity contribution in [2.75, 3.05) is 0 Å². The van der Waals surface area contributed by atoms with Crippen molar-refractivity contribution in [3.05, 3.63) is 59.2 Å². The summed E-state index contributed by atoms with van der Waals surface area (Å²) in [5.74, 6) is 0.0182. The van der Waals surface area contributed by atoms with Crippen molar-refractivity contribution < 1.29 is 9.59 Å². The van der Waals surface area contributed by atoms with Crippen molar-refractivity contribution in [2.45, 2.75) is 45.4 Å². The summed E-state index contributed by atoms with van der Waals surface area (Å²) in [7, 11) is 0. The van der Waals surface area contributed by atoms with Crippen LogP contribution in [-0.4, -0.2) is 11.6 Å². The number of ketones is 2. The standard InChI is InChI=1S/C23H24O2/c1-3-15-12-17(16-6-4-14(2)5-7-16)10-11-20(15)21-22(24)18-8-9-19(13-18)23(21)25/h4-7,10-12,18-19,21H,3,8-9,13H2,1-2H3/t18-,19+,21?. The third-order valence-corrected chi connectivity index (χ3v) is 6.03. The fraction of sp³-hybridized carbons (Fsp3) is 0.391. The summed E-state index contributed by atoms with van der Waals surface area (Å²) in [5.41, 5.74) is 5.65. The third-order valence-electron chi connectivity index (χ3n) is 6.03. The molecule has 3 atom stereocenters. The molecule has 2 aromatic rings. The average molecular weight is 332 g/mol. The highest BCUT2D eigenvalue weighted by Gasteiger charge is 2.47. The lowest BCUT2D eigenvalue weighted by Crippen LogP contribution is -2.35. The highest BCUT2D eigenvalue weighted by atomic mass is 16.2. The van der Waals surface area contributed by atoms with Crippen LogP contribution in [0, 0.1) is 18.8 Å². The van der Waals surface area contributed by atoms with Gasteiger partial charge in [-0.1, -0.05) is 55.0 Å². The van der Waals surface area contributed by atoms with Gasteiger partial charge >= 0.3 is 0 Å². The monoisotopic (exact) mass is 332 g/mol. The summed E-state index contributed by atoms with van der Waals surface area (Å²) in [6.45, 7) is 4.18. The normalized spacial score (nSPS) is 25.4. The highest BCUT2D eigenvalue weighted by Crippen LogP contribution is 2.44. The predicted molar refractivity (Wildman–Crippen MR) is 99.6 cm³/mol. The van der Waals surface area contributed by atoms with Gasteiger partial charge in [-0.3, -0.25) is 9.59 Å². The van der Waals surface area contributed by atoms with Crippen LogP contribution < -0.4 is 0 Å². The molecule has 2 heteroatoms. The van der Waals surface area contributed by atoms with E-state index in [-0.39, 0.29) is 23.4 Å². The Morgan fingerprint density at radius 2 is 1.48 bits per heavy atom. The molecule has 0 spiro atoms. The SMILES string of the molecule is CCc1cc(-c2ccc(C)cc2)ccc1C1C(=O)[C@@H]2CC[C@@H](C2)C1=O. The van der Waals surface area contributed by atoms with Gasteiger partial charge in [0.25, 0.3) is 0 Å². The van der Waals surface area contributed by atoms with E-state index in [4.69, 9.17) is 0 Å². The topological polar surface area (TPSA) is 34.1 Å². The van der Waals surface area contributed by atoms with Crippen LogP contribution in [0.15, 0.2) is 42.5 Å². The molecule has 0 heterocycles. The Kier molecular flexibility index (Phi) is 4.07. The molecule has 2 nitrogen and oxygen atoms in total. The quantitative estimate of drug-likeness (QED) is 0.751. The molecule has 25 heavy (non-hydrogen) atoms. The second-order valence-electron chi connectivity index (χ2n) is 7.58. The first kappa shape index (κ1) is 16.3. The molecule has 2 bridgehead atoms. The maximum absolute atomic E-state index is 12.8. The second-order valence-corrected chi connectivity index (χ2v) is 7.58. The van der Waals surface area contributed by atoms with Gasteiger partial charge in [0.1, 0.15) is 5.92 Å². The van der Waals surface area contributed by atoms with Crippen molar-refractivity contribution in [1.82, 2.24) is 0 Å². The Hall–Kier alpha value is -2.22. The number of aryl methyl sites for hydroxylation is 2. The minimum absolute atomic E-state index is 0.106. The first-order chi connectivity index (χ1) is 12.1. The van der Waals surface area contributed by atoms with E-state index < -0.39 is 5.92 Å². The smallest absolute Gasteiger partial charge is 0.150 e. The molecule has 2 aliphatic carbocycles. The summed E-state index contributed by atoms with van der Waals surface area (Å²) in [6, 6.07) is 14.7. The van der Waals surface area contributed by atoms with Gasteiger partial charge in [0.2, 0.25) is 0 Å². The number of fused-ring (bicyclic) bond motifs is 2. The van der Waals surface area contributed by atoms with E-state index in [2.05, 4.69) is 50.2 Å². The Bertz CT molecular complexity index is 810. The highest BCUT2D eigenvalue weighted by molar-refractivity contribution is 6.12. The lowest BCUT2D eigenvalue weighted by atomic mass is 9.74. The third kappa shape index (κ3) is 2.74. The molecule has 1 unspecified atom stereocenters. The summed E-state index contributed by atoms with van der Waals surface area (Å²) in [5, 5.41) is 0. The molecule has 0 aromatic heterocycles. The molecule has 2 saturated carbocycles. The molecular weight excluding hydrogens is 308 g/mol. The van der Waals surface area contributed by atoms with E-state index in [0.29, 0.717) is 0 Å². The van der Waals surface area contributed by atoms with E-state index in [1.165, 1.54) is 11.1 Å². The zero-order chi connectivity index (χ0) is 17.6. The van der Waals surface area contributed by atoms with Crippen LogP contribution in [0.5, 0.6) is 0 Å². The van der Waals surface area contributed by atoms with Crippen molar-refractivity contribution in [3.63, 3.8) is 0 Å². The fourth-order valence-electron chi connectivity index (χ4n) is 4.54. The number of hydrogen-bond acceptors (Lipinski definition) is 2. The minimum Gasteiger partial charge on any atom is -0.298 e. The van der Waals surface area contributed by atoms with Gasteiger partial charge in [0, 0.05) is 11.8 Å². The van der Waals surface area contributed by atoms with Crippen molar-refractivity contribution in [2.24, 2.45) is 11.8 Å². The zero-order valence-electron chi connectivity index (χ0n) is 14.9. The molecule has 0 radical (unpaired) electrons. The van der Waals surface area contributed by atoms with Crippen LogP contribution in [0.1, 0.15) is 48.8 Å². The van der Waals surface area contributed by atoms with Crippen LogP contribution >= 0.6 is 0 Å². The van der Waals surface area contributed by atoms with Crippen LogP contribution in [0.25, 0.3) is 11.1 Å². The molecule has 0 saturated heterocycles. The molecule has 2 aliphatic rings. The Morgan fingerprint density at radius 3 is 2.08 bits per heavy atom. The lowest BCUT2D eigenvalue weighted by molar-refractivity contribution is -0.135. The summed E-state index contributed by atoms with van der Waals surface area (Å²) in [6.07, 6.45) is 3.42. The predicted octanol–water partition coefficient (Wildman–Crippen LogP) is 4.88. The first-order valence-electron chi connectivity index (χ1n) is 9.35. The van der Waals surface area contributed by atoms with Gasteiger partial charge in [-0.15, -0.1) is 0 Å². The Labute approximate surface area is 149 Å². The van der Waals surface area contributed by atoms with E-state index in [1.807, 2.05) is 6.07 Å². The molecule has 128 valence electrons. The maximum Gasteiger partial charge on any atom is 0.150 e. The lowest BCUT2D eigenvalue weighted by Gasteiger charge is -2.27. The van der Waals surface area contributed by atoms with Crippen LogP contribution in [0.4, 0.5) is 0 Å². The molecule has 0 N–H and O–H groups in total. The number of Topliss-reactive ketones (excluding diaryl/α,β-unsaturated/α-hetero) is 2. The number of hydrogen-bond donors (Lipinski definition) is 0. The number of carbonyl (C=O) groups is 2. The zero-order valence-corrected chi connectivity index (χ0v) is 14.9. The molecule has 2 fully saturated rings. The maximum atomic E-state index is 12.8. The minimum atomic E-state index is -0.520. The average Bonchev–Trinajstić information content (AvgIpc) is 3.08. The van der Waals surface area contributed by atoms with Gasteiger partial charge in [-0.25, -0.2) is 0 Å². The first-order valence-corrected chi connectivity index (χ1v) is 9.35. The number of carbonyl (C=O) groups excluding carboxylic acids is 2. The summed E-state index contributed by atoms with van der Waals surface area (Å²) >= 11 is 0. The Balaban J connectivity index is 1.74. The van der Waals surface area contributed by atoms with Crippen molar-refractivity contribution >= 4 is 11.6 Å². The molecular formula is C23H24O2. The van der Waals surface area contributed by atoms with E-state index in [9.17, 15) is 9.59 Å². The molecule has 0 amide bonds. The van der Waals surface area contributed by atoms with Gasteiger partial charge in [-0.2, -0.15) is 0 Å².